The summed E-state index contributed by atoms with van der Waals surface area (Å²) < 4.78 is 5.20. The Kier molecular flexibility index (Phi) is 2.78. The summed E-state index contributed by atoms with van der Waals surface area (Å²) in [7, 11) is 1.59. The Morgan fingerprint density at radius 1 is 1.27 bits per heavy atom. The Hall–Kier alpha value is -1.68. The third-order valence-electron chi connectivity index (χ3n) is 1.94. The van der Waals surface area contributed by atoms with Crippen LogP contribution < -0.4 is 4.74 Å². The molecule has 0 saturated heterocycles. The van der Waals surface area contributed by atoms with E-state index in [1.54, 1.807) is 7.11 Å². The molecular formula is C10H8ClN3O. The van der Waals surface area contributed by atoms with Crippen molar-refractivity contribution in [3.8, 4) is 17.0 Å². The van der Waals surface area contributed by atoms with Crippen molar-refractivity contribution in [1.29, 1.82) is 0 Å². The highest BCUT2D eigenvalue weighted by atomic mass is 35.5. The van der Waals surface area contributed by atoms with Gasteiger partial charge in [-0.2, -0.15) is 0 Å². The third kappa shape index (κ3) is 1.89. The Morgan fingerprint density at radius 2 is 2.07 bits per heavy atom. The lowest BCUT2D eigenvalue weighted by Crippen LogP contribution is -1.94. The molecule has 5 heteroatoms. The number of halogens is 1. The second-order valence-corrected chi connectivity index (χ2v) is 3.16. The minimum Gasteiger partial charge on any atom is -0.496 e. The first kappa shape index (κ1) is 9.86. The molecule has 0 atom stereocenters. The van der Waals surface area contributed by atoms with Crippen LogP contribution in [0.25, 0.3) is 11.3 Å². The fourth-order valence-corrected chi connectivity index (χ4v) is 1.45. The minimum atomic E-state index is 0.314. The number of rotatable bonds is 2. The maximum absolute atomic E-state index is 5.92. The molecule has 0 saturated carbocycles. The second-order valence-electron chi connectivity index (χ2n) is 2.80. The molecule has 0 radical (unpaired) electrons. The van der Waals surface area contributed by atoms with Crippen LogP contribution in [0, 0.1) is 0 Å². The zero-order chi connectivity index (χ0) is 10.7. The number of benzene rings is 1. The molecule has 0 fully saturated rings. The lowest BCUT2D eigenvalue weighted by atomic mass is 10.1. The van der Waals surface area contributed by atoms with Gasteiger partial charge in [0.15, 0.2) is 5.15 Å². The molecule has 2 aromatic rings. The summed E-state index contributed by atoms with van der Waals surface area (Å²) in [6.07, 6.45) is 1.31. The number of nitrogens with zero attached hydrogens (tertiary/aromatic N) is 3. The molecule has 0 unspecified atom stereocenters. The van der Waals surface area contributed by atoms with Crippen molar-refractivity contribution in [1.82, 2.24) is 15.2 Å². The van der Waals surface area contributed by atoms with E-state index < -0.39 is 0 Å². The van der Waals surface area contributed by atoms with Crippen LogP contribution >= 0.6 is 11.6 Å². The summed E-state index contributed by atoms with van der Waals surface area (Å²) in [5.74, 6) is 0.696. The van der Waals surface area contributed by atoms with Crippen LogP contribution in [-0.4, -0.2) is 22.3 Å². The van der Waals surface area contributed by atoms with Gasteiger partial charge < -0.3 is 4.74 Å². The highest BCUT2D eigenvalue weighted by Gasteiger charge is 2.10. The molecule has 0 bridgehead atoms. The maximum atomic E-state index is 5.92. The molecule has 0 spiro atoms. The Balaban J connectivity index is 2.59. The van der Waals surface area contributed by atoms with Crippen LogP contribution in [0.2, 0.25) is 5.15 Å². The zero-order valence-corrected chi connectivity index (χ0v) is 8.77. The SMILES string of the molecule is COc1ccccc1-c1nncnc1Cl. The van der Waals surface area contributed by atoms with Crippen molar-refractivity contribution in [2.45, 2.75) is 0 Å². The molecule has 1 aromatic carbocycles. The van der Waals surface area contributed by atoms with E-state index in [1.807, 2.05) is 24.3 Å². The van der Waals surface area contributed by atoms with Gasteiger partial charge in [0.2, 0.25) is 0 Å². The Bertz CT molecular complexity index is 476. The predicted octanol–water partition coefficient (Wildman–Crippen LogP) is 2.20. The van der Waals surface area contributed by atoms with Gasteiger partial charge in [-0.25, -0.2) is 4.98 Å². The van der Waals surface area contributed by atoms with Crippen LogP contribution in [0.4, 0.5) is 0 Å². The largest absolute Gasteiger partial charge is 0.496 e. The fourth-order valence-electron chi connectivity index (χ4n) is 1.27. The van der Waals surface area contributed by atoms with Crippen LogP contribution in [0.3, 0.4) is 0 Å². The van der Waals surface area contributed by atoms with E-state index in [0.717, 1.165) is 5.56 Å². The lowest BCUT2D eigenvalue weighted by Gasteiger charge is -2.06. The molecule has 0 amide bonds. The average Bonchev–Trinajstić information content (AvgIpc) is 2.30. The van der Waals surface area contributed by atoms with E-state index in [4.69, 9.17) is 16.3 Å². The fraction of sp³-hybridized carbons (Fsp3) is 0.100. The van der Waals surface area contributed by atoms with Crippen molar-refractivity contribution >= 4 is 11.6 Å². The zero-order valence-electron chi connectivity index (χ0n) is 8.01. The molecule has 1 heterocycles. The highest BCUT2D eigenvalue weighted by molar-refractivity contribution is 6.31. The second kappa shape index (κ2) is 4.23. The molecule has 0 aliphatic carbocycles. The maximum Gasteiger partial charge on any atom is 0.159 e. The van der Waals surface area contributed by atoms with Gasteiger partial charge in [-0.05, 0) is 12.1 Å². The van der Waals surface area contributed by atoms with E-state index >= 15 is 0 Å². The van der Waals surface area contributed by atoms with Gasteiger partial charge in [0, 0.05) is 5.56 Å². The van der Waals surface area contributed by atoms with E-state index in [2.05, 4.69) is 15.2 Å². The summed E-state index contributed by atoms with van der Waals surface area (Å²) in [5.41, 5.74) is 1.31. The number of hydrogen-bond donors (Lipinski definition) is 0. The summed E-state index contributed by atoms with van der Waals surface area (Å²) in [6, 6.07) is 7.44. The third-order valence-corrected chi connectivity index (χ3v) is 2.21. The summed E-state index contributed by atoms with van der Waals surface area (Å²) in [6.45, 7) is 0. The Morgan fingerprint density at radius 3 is 2.80 bits per heavy atom. The van der Waals surface area contributed by atoms with Crippen molar-refractivity contribution in [2.75, 3.05) is 7.11 Å². The Labute approximate surface area is 91.9 Å². The molecule has 2 rings (SSSR count). The van der Waals surface area contributed by atoms with E-state index in [1.165, 1.54) is 6.33 Å². The molecule has 0 aliphatic rings. The topological polar surface area (TPSA) is 47.9 Å². The van der Waals surface area contributed by atoms with Crippen molar-refractivity contribution in [2.24, 2.45) is 0 Å². The molecular weight excluding hydrogens is 214 g/mol. The minimum absolute atomic E-state index is 0.314. The predicted molar refractivity (Wildman–Crippen MR) is 56.8 cm³/mol. The van der Waals surface area contributed by atoms with E-state index in [0.29, 0.717) is 16.6 Å². The first-order chi connectivity index (χ1) is 7.33. The van der Waals surface area contributed by atoms with Crippen LogP contribution in [0.5, 0.6) is 5.75 Å². The number of para-hydroxylation sites is 1. The lowest BCUT2D eigenvalue weighted by molar-refractivity contribution is 0.416. The van der Waals surface area contributed by atoms with Crippen molar-refractivity contribution in [3.05, 3.63) is 35.7 Å². The molecule has 0 N–H and O–H groups in total. The van der Waals surface area contributed by atoms with Gasteiger partial charge in [-0.3, -0.25) is 0 Å². The number of methoxy groups -OCH3 is 1. The molecule has 0 aliphatic heterocycles. The molecule has 1 aromatic heterocycles. The van der Waals surface area contributed by atoms with Crippen molar-refractivity contribution in [3.63, 3.8) is 0 Å². The van der Waals surface area contributed by atoms with E-state index in [-0.39, 0.29) is 0 Å². The molecule has 76 valence electrons. The van der Waals surface area contributed by atoms with E-state index in [9.17, 15) is 0 Å². The highest BCUT2D eigenvalue weighted by Crippen LogP contribution is 2.30. The normalized spacial score (nSPS) is 10.0. The smallest absolute Gasteiger partial charge is 0.159 e. The number of ether oxygens (including phenoxy) is 1. The van der Waals surface area contributed by atoms with Crippen LogP contribution in [0.15, 0.2) is 30.6 Å². The first-order valence-electron chi connectivity index (χ1n) is 4.29. The van der Waals surface area contributed by atoms with Gasteiger partial charge in [-0.15, -0.1) is 10.2 Å². The van der Waals surface area contributed by atoms with Crippen LogP contribution in [-0.2, 0) is 0 Å². The standard InChI is InChI=1S/C10H8ClN3O/c1-15-8-5-3-2-4-7(8)9-10(11)12-6-13-14-9/h2-6H,1H3. The quantitative estimate of drug-likeness (QED) is 0.780. The monoisotopic (exact) mass is 221 g/mol. The number of aromatic nitrogens is 3. The summed E-state index contributed by atoms with van der Waals surface area (Å²) >= 11 is 5.92. The van der Waals surface area contributed by atoms with Gasteiger partial charge in [0.1, 0.15) is 17.8 Å². The molecule has 15 heavy (non-hydrogen) atoms. The molecule has 4 nitrogen and oxygen atoms in total. The van der Waals surface area contributed by atoms with Gasteiger partial charge in [0.05, 0.1) is 7.11 Å². The summed E-state index contributed by atoms with van der Waals surface area (Å²) in [4.78, 5) is 3.87. The van der Waals surface area contributed by atoms with Crippen LogP contribution in [0.1, 0.15) is 0 Å². The first-order valence-corrected chi connectivity index (χ1v) is 4.67. The number of hydrogen-bond acceptors (Lipinski definition) is 4. The van der Waals surface area contributed by atoms with Gasteiger partial charge in [-0.1, -0.05) is 23.7 Å². The van der Waals surface area contributed by atoms with Gasteiger partial charge >= 0.3 is 0 Å². The van der Waals surface area contributed by atoms with Crippen molar-refractivity contribution < 1.29 is 4.74 Å². The summed E-state index contributed by atoms with van der Waals surface area (Å²) in [5, 5.41) is 7.94. The van der Waals surface area contributed by atoms with Gasteiger partial charge in [0.25, 0.3) is 0 Å². The average molecular weight is 222 g/mol.